The van der Waals surface area contributed by atoms with Crippen LogP contribution in [0.3, 0.4) is 0 Å². The molecule has 0 saturated carbocycles. The van der Waals surface area contributed by atoms with E-state index in [9.17, 15) is 8.78 Å². The fourth-order valence-corrected chi connectivity index (χ4v) is 2.07. The molecule has 1 aromatic carbocycles. The van der Waals surface area contributed by atoms with E-state index in [-0.39, 0.29) is 5.56 Å². The Balaban J connectivity index is 2.28. The van der Waals surface area contributed by atoms with Gasteiger partial charge in [-0.2, -0.15) is 5.10 Å². The topological polar surface area (TPSA) is 30.2 Å². The Morgan fingerprint density at radius 1 is 1.05 bits per heavy atom. The van der Waals surface area contributed by atoms with Gasteiger partial charge in [0.15, 0.2) is 5.65 Å². The average Bonchev–Trinajstić information content (AvgIpc) is 2.67. The summed E-state index contributed by atoms with van der Waals surface area (Å²) in [5.74, 6) is -1.22. The molecule has 3 rings (SSSR count). The maximum atomic E-state index is 13.8. The van der Waals surface area contributed by atoms with Gasteiger partial charge in [0, 0.05) is 11.6 Å². The summed E-state index contributed by atoms with van der Waals surface area (Å²) in [7, 11) is 0. The number of nitrogens with zero attached hydrogens (tertiary/aromatic N) is 3. The van der Waals surface area contributed by atoms with E-state index in [1.807, 2.05) is 26.0 Å². The first-order valence-electron chi connectivity index (χ1n) is 5.84. The van der Waals surface area contributed by atoms with Crippen LogP contribution in [-0.2, 0) is 0 Å². The number of rotatable bonds is 1. The molecule has 0 aliphatic rings. The third-order valence-electron chi connectivity index (χ3n) is 3.02. The molecule has 5 heteroatoms. The number of hydrogen-bond acceptors (Lipinski definition) is 2. The fraction of sp³-hybridized carbons (Fsp3) is 0.143. The van der Waals surface area contributed by atoms with E-state index in [4.69, 9.17) is 0 Å². The van der Waals surface area contributed by atoms with E-state index in [2.05, 4.69) is 10.1 Å². The van der Waals surface area contributed by atoms with Crippen LogP contribution in [0.2, 0.25) is 0 Å². The molecule has 0 amide bonds. The Hall–Kier alpha value is -2.30. The van der Waals surface area contributed by atoms with Gasteiger partial charge in [-0.3, -0.25) is 0 Å². The summed E-state index contributed by atoms with van der Waals surface area (Å²) in [4.78, 5) is 4.35. The molecule has 3 nitrogen and oxygen atoms in total. The second-order valence-electron chi connectivity index (χ2n) is 4.41. The average molecular weight is 259 g/mol. The number of hydrogen-bond donors (Lipinski definition) is 0. The van der Waals surface area contributed by atoms with Crippen LogP contribution in [0.25, 0.3) is 16.9 Å². The molecule has 0 radical (unpaired) electrons. The summed E-state index contributed by atoms with van der Waals surface area (Å²) in [6.45, 7) is 3.68. The summed E-state index contributed by atoms with van der Waals surface area (Å²) in [5, 5.41) is 4.33. The quantitative estimate of drug-likeness (QED) is 0.671. The van der Waals surface area contributed by atoms with Crippen LogP contribution < -0.4 is 0 Å². The summed E-state index contributed by atoms with van der Waals surface area (Å²) in [6.07, 6.45) is 0. The first-order valence-corrected chi connectivity index (χ1v) is 5.84. The lowest BCUT2D eigenvalue weighted by molar-refractivity contribution is 0.585. The van der Waals surface area contributed by atoms with Crippen molar-refractivity contribution >= 4 is 5.65 Å². The van der Waals surface area contributed by atoms with Gasteiger partial charge in [0.05, 0.1) is 17.1 Å². The Morgan fingerprint density at radius 2 is 1.84 bits per heavy atom. The van der Waals surface area contributed by atoms with Gasteiger partial charge >= 0.3 is 0 Å². The van der Waals surface area contributed by atoms with Crippen molar-refractivity contribution in [2.45, 2.75) is 13.8 Å². The number of aryl methyl sites for hydroxylation is 2. The van der Waals surface area contributed by atoms with E-state index in [0.717, 1.165) is 17.5 Å². The monoisotopic (exact) mass is 259 g/mol. The fourth-order valence-electron chi connectivity index (χ4n) is 2.07. The van der Waals surface area contributed by atoms with Crippen molar-refractivity contribution in [3.63, 3.8) is 0 Å². The van der Waals surface area contributed by atoms with Gasteiger partial charge in [-0.25, -0.2) is 18.3 Å². The highest BCUT2D eigenvalue weighted by atomic mass is 19.1. The third-order valence-corrected chi connectivity index (χ3v) is 3.02. The zero-order valence-corrected chi connectivity index (χ0v) is 10.5. The van der Waals surface area contributed by atoms with Gasteiger partial charge < -0.3 is 0 Å². The molecule has 0 saturated heterocycles. The SMILES string of the molecule is Cc1ccc2nc(-c3ccc(F)cc3F)c(C)n2n1. The standard InChI is InChI=1S/C14H11F2N3/c1-8-3-6-13-17-14(9(2)19(13)18-8)11-5-4-10(15)7-12(11)16/h3-7H,1-2H3. The molecule has 0 aliphatic carbocycles. The van der Waals surface area contributed by atoms with Gasteiger partial charge in [0.1, 0.15) is 11.6 Å². The van der Waals surface area contributed by atoms with Crippen LogP contribution in [0, 0.1) is 25.5 Å². The molecule has 0 bridgehead atoms. The summed E-state index contributed by atoms with van der Waals surface area (Å²) < 4.78 is 28.4. The number of aromatic nitrogens is 3. The maximum absolute atomic E-state index is 13.8. The molecule has 0 atom stereocenters. The van der Waals surface area contributed by atoms with Crippen molar-refractivity contribution in [1.29, 1.82) is 0 Å². The number of imidazole rings is 1. The highest BCUT2D eigenvalue weighted by Crippen LogP contribution is 2.26. The third kappa shape index (κ3) is 1.87. The molecule has 0 unspecified atom stereocenters. The zero-order valence-electron chi connectivity index (χ0n) is 10.5. The van der Waals surface area contributed by atoms with Gasteiger partial charge in [0.25, 0.3) is 0 Å². The Morgan fingerprint density at radius 3 is 2.58 bits per heavy atom. The Kier molecular flexibility index (Phi) is 2.55. The molecule has 2 heterocycles. The molecule has 3 aromatic rings. The van der Waals surface area contributed by atoms with Crippen LogP contribution in [0.4, 0.5) is 8.78 Å². The second-order valence-corrected chi connectivity index (χ2v) is 4.41. The molecule has 19 heavy (non-hydrogen) atoms. The van der Waals surface area contributed by atoms with Crippen molar-refractivity contribution in [2.75, 3.05) is 0 Å². The van der Waals surface area contributed by atoms with Crippen LogP contribution in [0.1, 0.15) is 11.4 Å². The van der Waals surface area contributed by atoms with Gasteiger partial charge in [-0.15, -0.1) is 0 Å². The lowest BCUT2D eigenvalue weighted by Gasteiger charge is -2.01. The van der Waals surface area contributed by atoms with Crippen molar-refractivity contribution in [1.82, 2.24) is 14.6 Å². The van der Waals surface area contributed by atoms with E-state index in [1.165, 1.54) is 12.1 Å². The van der Waals surface area contributed by atoms with E-state index >= 15 is 0 Å². The van der Waals surface area contributed by atoms with Gasteiger partial charge in [0.2, 0.25) is 0 Å². The predicted molar refractivity (Wildman–Crippen MR) is 67.8 cm³/mol. The smallest absolute Gasteiger partial charge is 0.154 e. The molecular formula is C14H11F2N3. The molecule has 0 aliphatic heterocycles. The second kappa shape index (κ2) is 4.12. The van der Waals surface area contributed by atoms with Crippen molar-refractivity contribution in [3.05, 3.63) is 53.4 Å². The largest absolute Gasteiger partial charge is 0.227 e. The minimum Gasteiger partial charge on any atom is -0.227 e. The van der Waals surface area contributed by atoms with Crippen LogP contribution >= 0.6 is 0 Å². The molecule has 0 fully saturated rings. The minimum absolute atomic E-state index is 0.280. The first-order chi connectivity index (χ1) is 9.06. The Labute approximate surface area is 108 Å². The number of fused-ring (bicyclic) bond motifs is 1. The van der Waals surface area contributed by atoms with Crippen molar-refractivity contribution in [3.8, 4) is 11.3 Å². The maximum Gasteiger partial charge on any atom is 0.154 e. The lowest BCUT2D eigenvalue weighted by Crippen LogP contribution is -1.96. The number of benzene rings is 1. The van der Waals surface area contributed by atoms with E-state index < -0.39 is 11.6 Å². The van der Waals surface area contributed by atoms with Crippen LogP contribution in [0.15, 0.2) is 30.3 Å². The van der Waals surface area contributed by atoms with Gasteiger partial charge in [-0.1, -0.05) is 0 Å². The number of halogens is 2. The first kappa shape index (κ1) is 11.8. The summed E-state index contributed by atoms with van der Waals surface area (Å²) in [5.41, 5.74) is 2.97. The highest BCUT2D eigenvalue weighted by Gasteiger charge is 2.15. The predicted octanol–water partition coefficient (Wildman–Crippen LogP) is 3.29. The minimum atomic E-state index is -0.622. The van der Waals surface area contributed by atoms with E-state index in [1.54, 1.807) is 4.52 Å². The normalized spacial score (nSPS) is 11.2. The molecule has 96 valence electrons. The van der Waals surface area contributed by atoms with Crippen LogP contribution in [-0.4, -0.2) is 14.6 Å². The Bertz CT molecular complexity index is 778. The lowest BCUT2D eigenvalue weighted by atomic mass is 10.1. The summed E-state index contributed by atoms with van der Waals surface area (Å²) >= 11 is 0. The van der Waals surface area contributed by atoms with Crippen LogP contribution in [0.5, 0.6) is 0 Å². The van der Waals surface area contributed by atoms with Crippen molar-refractivity contribution < 1.29 is 8.78 Å². The van der Waals surface area contributed by atoms with Crippen molar-refractivity contribution in [2.24, 2.45) is 0 Å². The molecular weight excluding hydrogens is 248 g/mol. The molecule has 2 aromatic heterocycles. The van der Waals surface area contributed by atoms with Gasteiger partial charge in [-0.05, 0) is 38.1 Å². The highest BCUT2D eigenvalue weighted by molar-refractivity contribution is 5.66. The van der Waals surface area contributed by atoms with E-state index in [0.29, 0.717) is 11.3 Å². The zero-order chi connectivity index (χ0) is 13.6. The molecule has 0 N–H and O–H groups in total. The molecule has 0 spiro atoms. The summed E-state index contributed by atoms with van der Waals surface area (Å²) in [6, 6.07) is 7.14.